The monoisotopic (exact) mass is 240 g/mol. The third-order valence-electron chi connectivity index (χ3n) is 2.71. The Labute approximate surface area is 98.9 Å². The molecule has 6 heteroatoms. The van der Waals surface area contributed by atoms with Crippen molar-refractivity contribution in [2.24, 2.45) is 5.92 Å². The number of piperidine rings is 1. The summed E-state index contributed by atoms with van der Waals surface area (Å²) < 4.78 is 0. The van der Waals surface area contributed by atoms with Crippen molar-refractivity contribution >= 4 is 22.4 Å². The van der Waals surface area contributed by atoms with Crippen molar-refractivity contribution in [2.45, 2.75) is 19.8 Å². The van der Waals surface area contributed by atoms with E-state index in [1.54, 1.807) is 5.51 Å². The highest BCUT2D eigenvalue weighted by Gasteiger charge is 2.18. The van der Waals surface area contributed by atoms with Crippen LogP contribution in [0.2, 0.25) is 0 Å². The Hall–Kier alpha value is -1.01. The third-order valence-corrected chi connectivity index (χ3v) is 3.32. The Morgan fingerprint density at radius 3 is 3.31 bits per heavy atom. The van der Waals surface area contributed by atoms with Gasteiger partial charge in [-0.05, 0) is 25.3 Å². The average molecular weight is 240 g/mol. The molecule has 1 fully saturated rings. The van der Waals surface area contributed by atoms with Crippen molar-refractivity contribution in [1.82, 2.24) is 15.1 Å². The van der Waals surface area contributed by atoms with Gasteiger partial charge < -0.3 is 0 Å². The number of likely N-dealkylation sites (tertiary alicyclic amines) is 1. The molecular formula is C10H16N4OS. The summed E-state index contributed by atoms with van der Waals surface area (Å²) in [6.45, 7) is 4.73. The first-order valence-electron chi connectivity index (χ1n) is 5.52. The largest absolute Gasteiger partial charge is 0.299 e. The number of hydrogen-bond acceptors (Lipinski definition) is 5. The number of nitrogens with zero attached hydrogens (tertiary/aromatic N) is 3. The van der Waals surface area contributed by atoms with E-state index >= 15 is 0 Å². The Kier molecular flexibility index (Phi) is 3.84. The predicted octanol–water partition coefficient (Wildman–Crippen LogP) is 1.21. The van der Waals surface area contributed by atoms with Crippen molar-refractivity contribution in [1.29, 1.82) is 0 Å². The number of nitrogens with one attached hydrogen (secondary N) is 1. The second-order valence-electron chi connectivity index (χ2n) is 4.27. The maximum absolute atomic E-state index is 11.7. The van der Waals surface area contributed by atoms with Crippen LogP contribution in [-0.2, 0) is 4.79 Å². The van der Waals surface area contributed by atoms with Gasteiger partial charge in [-0.3, -0.25) is 15.0 Å². The van der Waals surface area contributed by atoms with Crippen LogP contribution < -0.4 is 5.32 Å². The van der Waals surface area contributed by atoms with Crippen molar-refractivity contribution in [3.05, 3.63) is 5.51 Å². The van der Waals surface area contributed by atoms with Gasteiger partial charge >= 0.3 is 0 Å². The Morgan fingerprint density at radius 2 is 2.62 bits per heavy atom. The second-order valence-corrected chi connectivity index (χ2v) is 5.11. The fourth-order valence-corrected chi connectivity index (χ4v) is 2.48. The van der Waals surface area contributed by atoms with Crippen molar-refractivity contribution in [2.75, 3.05) is 25.0 Å². The van der Waals surface area contributed by atoms with Gasteiger partial charge in [0.1, 0.15) is 5.51 Å². The summed E-state index contributed by atoms with van der Waals surface area (Å²) in [7, 11) is 0. The first-order chi connectivity index (χ1) is 7.74. The van der Waals surface area contributed by atoms with Crippen LogP contribution in [0.25, 0.3) is 0 Å². The first kappa shape index (κ1) is 11.5. The lowest BCUT2D eigenvalue weighted by molar-refractivity contribution is -0.117. The van der Waals surface area contributed by atoms with Gasteiger partial charge in [-0.15, -0.1) is 10.2 Å². The molecule has 5 nitrogen and oxygen atoms in total. The molecule has 1 N–H and O–H groups in total. The van der Waals surface area contributed by atoms with E-state index in [2.05, 4.69) is 27.3 Å². The van der Waals surface area contributed by atoms with E-state index in [0.29, 0.717) is 17.6 Å². The Morgan fingerprint density at radius 1 is 1.75 bits per heavy atom. The molecule has 1 aliphatic rings. The first-order valence-corrected chi connectivity index (χ1v) is 6.40. The number of carbonyl (C=O) groups is 1. The summed E-state index contributed by atoms with van der Waals surface area (Å²) in [5.41, 5.74) is 1.61. The summed E-state index contributed by atoms with van der Waals surface area (Å²) >= 11 is 1.34. The summed E-state index contributed by atoms with van der Waals surface area (Å²) in [5.74, 6) is 0.703. The van der Waals surface area contributed by atoms with E-state index in [-0.39, 0.29) is 5.91 Å². The summed E-state index contributed by atoms with van der Waals surface area (Å²) in [4.78, 5) is 13.9. The number of rotatable bonds is 3. The fraction of sp³-hybridized carbons (Fsp3) is 0.700. The van der Waals surface area contributed by atoms with Gasteiger partial charge in [-0.1, -0.05) is 18.3 Å². The zero-order valence-electron chi connectivity index (χ0n) is 9.35. The summed E-state index contributed by atoms with van der Waals surface area (Å²) in [6, 6.07) is 0. The lowest BCUT2D eigenvalue weighted by atomic mass is 10.0. The van der Waals surface area contributed by atoms with E-state index in [0.717, 1.165) is 13.1 Å². The number of aromatic nitrogens is 2. The SMILES string of the molecule is CC1CCCN(CC(=O)Nc2nncs2)C1. The molecule has 0 aliphatic carbocycles. The highest BCUT2D eigenvalue weighted by atomic mass is 32.1. The molecule has 16 heavy (non-hydrogen) atoms. The molecule has 0 radical (unpaired) electrons. The van der Waals surface area contributed by atoms with Crippen molar-refractivity contribution in [3.8, 4) is 0 Å². The van der Waals surface area contributed by atoms with Crippen LogP contribution >= 0.6 is 11.3 Å². The van der Waals surface area contributed by atoms with Gasteiger partial charge in [0, 0.05) is 6.54 Å². The van der Waals surface area contributed by atoms with Gasteiger partial charge in [0.2, 0.25) is 11.0 Å². The zero-order valence-corrected chi connectivity index (χ0v) is 10.2. The van der Waals surface area contributed by atoms with Crippen molar-refractivity contribution < 1.29 is 4.79 Å². The maximum atomic E-state index is 11.7. The van der Waals surface area contributed by atoms with E-state index in [4.69, 9.17) is 0 Å². The average Bonchev–Trinajstić information content (AvgIpc) is 2.70. The Balaban J connectivity index is 1.78. The van der Waals surface area contributed by atoms with Gasteiger partial charge in [-0.25, -0.2) is 0 Å². The number of amides is 1. The molecule has 0 aromatic carbocycles. The molecule has 1 aromatic rings. The zero-order chi connectivity index (χ0) is 11.4. The fourth-order valence-electron chi connectivity index (χ4n) is 2.02. The minimum absolute atomic E-state index is 0.00542. The molecule has 0 bridgehead atoms. The lowest BCUT2D eigenvalue weighted by Gasteiger charge is -2.29. The topological polar surface area (TPSA) is 58.1 Å². The normalized spacial score (nSPS) is 21.9. The molecule has 1 aromatic heterocycles. The highest BCUT2D eigenvalue weighted by Crippen LogP contribution is 2.15. The standard InChI is InChI=1S/C10H16N4OS/c1-8-3-2-4-14(5-8)6-9(15)12-10-13-11-7-16-10/h7-8H,2-6H2,1H3,(H,12,13,15). The number of hydrogen-bond donors (Lipinski definition) is 1. The van der Waals surface area contributed by atoms with Crippen molar-refractivity contribution in [3.63, 3.8) is 0 Å². The van der Waals surface area contributed by atoms with Gasteiger partial charge in [-0.2, -0.15) is 0 Å². The van der Waals surface area contributed by atoms with Crippen LogP contribution in [0, 0.1) is 5.92 Å². The molecule has 2 rings (SSSR count). The quantitative estimate of drug-likeness (QED) is 0.862. The molecule has 1 unspecified atom stereocenters. The molecule has 2 heterocycles. The highest BCUT2D eigenvalue weighted by molar-refractivity contribution is 7.13. The predicted molar refractivity (Wildman–Crippen MR) is 63.4 cm³/mol. The number of carbonyl (C=O) groups excluding carboxylic acids is 1. The minimum atomic E-state index is 0.00542. The third kappa shape index (κ3) is 3.24. The van der Waals surface area contributed by atoms with E-state index < -0.39 is 0 Å². The number of anilines is 1. The van der Waals surface area contributed by atoms with Crippen LogP contribution in [-0.4, -0.2) is 40.6 Å². The Bertz CT molecular complexity index is 341. The van der Waals surface area contributed by atoms with Crippen LogP contribution in [0.4, 0.5) is 5.13 Å². The molecule has 1 aliphatic heterocycles. The molecular weight excluding hydrogens is 224 g/mol. The smallest absolute Gasteiger partial charge is 0.240 e. The van der Waals surface area contributed by atoms with Gasteiger partial charge in [0.25, 0.3) is 0 Å². The van der Waals surface area contributed by atoms with E-state index in [9.17, 15) is 4.79 Å². The van der Waals surface area contributed by atoms with Crippen LogP contribution in [0.3, 0.4) is 0 Å². The van der Waals surface area contributed by atoms with Crippen LogP contribution in [0.5, 0.6) is 0 Å². The maximum Gasteiger partial charge on any atom is 0.240 e. The lowest BCUT2D eigenvalue weighted by Crippen LogP contribution is -2.39. The molecule has 0 spiro atoms. The molecule has 88 valence electrons. The van der Waals surface area contributed by atoms with E-state index in [1.165, 1.54) is 24.2 Å². The summed E-state index contributed by atoms with van der Waals surface area (Å²) in [5, 5.41) is 10.8. The molecule has 1 atom stereocenters. The molecule has 1 saturated heterocycles. The second kappa shape index (κ2) is 5.36. The van der Waals surface area contributed by atoms with Crippen LogP contribution in [0.1, 0.15) is 19.8 Å². The van der Waals surface area contributed by atoms with Gasteiger partial charge in [0.05, 0.1) is 6.54 Å². The minimum Gasteiger partial charge on any atom is -0.299 e. The van der Waals surface area contributed by atoms with Gasteiger partial charge in [0.15, 0.2) is 0 Å². The van der Waals surface area contributed by atoms with Crippen LogP contribution in [0.15, 0.2) is 5.51 Å². The summed E-state index contributed by atoms with van der Waals surface area (Å²) in [6.07, 6.45) is 2.46. The van der Waals surface area contributed by atoms with E-state index in [1.807, 2.05) is 0 Å². The molecule has 1 amide bonds. The molecule has 0 saturated carbocycles.